The van der Waals surface area contributed by atoms with Crippen LogP contribution in [-0.2, 0) is 9.59 Å². The van der Waals surface area contributed by atoms with Gasteiger partial charge in [0.15, 0.2) is 0 Å². The SMILES string of the molecule is CCCN1CC(=O)N(CCOc2ccccc2)[C@H](C)C1=O. The van der Waals surface area contributed by atoms with Crippen LogP contribution in [0, 0.1) is 0 Å². The van der Waals surface area contributed by atoms with Gasteiger partial charge in [-0.15, -0.1) is 0 Å². The van der Waals surface area contributed by atoms with Crippen LogP contribution < -0.4 is 4.74 Å². The van der Waals surface area contributed by atoms with Crippen LogP contribution in [0.4, 0.5) is 0 Å². The average Bonchev–Trinajstić information content (AvgIpc) is 2.49. The van der Waals surface area contributed by atoms with Crippen molar-refractivity contribution in [1.82, 2.24) is 9.80 Å². The number of hydrogen-bond donors (Lipinski definition) is 0. The molecule has 1 aromatic carbocycles. The molecule has 1 aromatic rings. The van der Waals surface area contributed by atoms with Gasteiger partial charge in [-0.3, -0.25) is 9.59 Å². The minimum Gasteiger partial charge on any atom is -0.492 e. The third-order valence-corrected chi connectivity index (χ3v) is 3.62. The summed E-state index contributed by atoms with van der Waals surface area (Å²) < 4.78 is 5.60. The fourth-order valence-corrected chi connectivity index (χ4v) is 2.50. The average molecular weight is 290 g/mol. The molecule has 0 radical (unpaired) electrons. The van der Waals surface area contributed by atoms with Crippen molar-refractivity contribution in [2.45, 2.75) is 26.3 Å². The first-order chi connectivity index (χ1) is 10.1. The van der Waals surface area contributed by atoms with Crippen LogP contribution in [-0.4, -0.2) is 53.9 Å². The molecule has 1 aliphatic rings. The molecule has 1 aliphatic heterocycles. The van der Waals surface area contributed by atoms with Crippen LogP contribution in [0.5, 0.6) is 5.75 Å². The topological polar surface area (TPSA) is 49.9 Å². The lowest BCUT2D eigenvalue weighted by atomic mass is 10.1. The zero-order valence-corrected chi connectivity index (χ0v) is 12.6. The van der Waals surface area contributed by atoms with E-state index in [1.165, 1.54) is 0 Å². The molecule has 1 fully saturated rings. The third-order valence-electron chi connectivity index (χ3n) is 3.62. The first kappa shape index (κ1) is 15.4. The summed E-state index contributed by atoms with van der Waals surface area (Å²) >= 11 is 0. The van der Waals surface area contributed by atoms with Gasteiger partial charge in [0.25, 0.3) is 0 Å². The van der Waals surface area contributed by atoms with E-state index in [1.807, 2.05) is 37.3 Å². The van der Waals surface area contributed by atoms with Crippen molar-refractivity contribution in [3.63, 3.8) is 0 Å². The fourth-order valence-electron chi connectivity index (χ4n) is 2.50. The third kappa shape index (κ3) is 3.74. The van der Waals surface area contributed by atoms with Gasteiger partial charge in [-0.05, 0) is 25.5 Å². The van der Waals surface area contributed by atoms with Crippen molar-refractivity contribution in [2.24, 2.45) is 0 Å². The highest BCUT2D eigenvalue weighted by Crippen LogP contribution is 2.13. The van der Waals surface area contributed by atoms with Crippen molar-refractivity contribution < 1.29 is 14.3 Å². The summed E-state index contributed by atoms with van der Waals surface area (Å²) in [5.74, 6) is 0.789. The number of piperazine rings is 1. The number of carbonyl (C=O) groups is 2. The Hall–Kier alpha value is -2.04. The second kappa shape index (κ2) is 7.11. The molecule has 2 amide bonds. The summed E-state index contributed by atoms with van der Waals surface area (Å²) in [5, 5.41) is 0. The van der Waals surface area contributed by atoms with Gasteiger partial charge in [-0.2, -0.15) is 0 Å². The Morgan fingerprint density at radius 1 is 1.19 bits per heavy atom. The number of ether oxygens (including phenoxy) is 1. The molecule has 5 nitrogen and oxygen atoms in total. The number of rotatable bonds is 6. The van der Waals surface area contributed by atoms with Crippen LogP contribution in [0.15, 0.2) is 30.3 Å². The van der Waals surface area contributed by atoms with Gasteiger partial charge in [0.2, 0.25) is 11.8 Å². The molecule has 1 atom stereocenters. The van der Waals surface area contributed by atoms with Gasteiger partial charge in [0, 0.05) is 6.54 Å². The van der Waals surface area contributed by atoms with Crippen LogP contribution in [0.25, 0.3) is 0 Å². The predicted octanol–water partition coefficient (Wildman–Crippen LogP) is 1.53. The van der Waals surface area contributed by atoms with E-state index < -0.39 is 6.04 Å². The molecule has 0 bridgehead atoms. The summed E-state index contributed by atoms with van der Waals surface area (Å²) in [4.78, 5) is 27.6. The van der Waals surface area contributed by atoms with Crippen LogP contribution >= 0.6 is 0 Å². The molecule has 0 unspecified atom stereocenters. The van der Waals surface area contributed by atoms with E-state index in [9.17, 15) is 9.59 Å². The van der Waals surface area contributed by atoms with Gasteiger partial charge in [0.1, 0.15) is 18.4 Å². The van der Waals surface area contributed by atoms with Gasteiger partial charge < -0.3 is 14.5 Å². The molecular weight excluding hydrogens is 268 g/mol. The molecule has 0 spiro atoms. The smallest absolute Gasteiger partial charge is 0.245 e. The quantitative estimate of drug-likeness (QED) is 0.798. The number of amides is 2. The Labute approximate surface area is 125 Å². The molecule has 0 saturated carbocycles. The molecule has 21 heavy (non-hydrogen) atoms. The minimum absolute atomic E-state index is 0.00721. The Kier molecular flexibility index (Phi) is 5.20. The van der Waals surface area contributed by atoms with Crippen molar-refractivity contribution >= 4 is 11.8 Å². The van der Waals surface area contributed by atoms with E-state index in [4.69, 9.17) is 4.74 Å². The highest BCUT2D eigenvalue weighted by molar-refractivity contribution is 5.94. The lowest BCUT2D eigenvalue weighted by Gasteiger charge is -2.38. The molecule has 0 N–H and O–H groups in total. The lowest BCUT2D eigenvalue weighted by molar-refractivity contribution is -0.155. The number of hydrogen-bond acceptors (Lipinski definition) is 3. The maximum Gasteiger partial charge on any atom is 0.245 e. The van der Waals surface area contributed by atoms with Crippen LogP contribution in [0.2, 0.25) is 0 Å². The lowest BCUT2D eigenvalue weighted by Crippen LogP contribution is -2.59. The first-order valence-corrected chi connectivity index (χ1v) is 7.39. The van der Waals surface area contributed by atoms with Crippen LogP contribution in [0.1, 0.15) is 20.3 Å². The molecule has 0 aliphatic carbocycles. The molecule has 114 valence electrons. The van der Waals surface area contributed by atoms with E-state index in [1.54, 1.807) is 16.7 Å². The summed E-state index contributed by atoms with van der Waals surface area (Å²) in [6.45, 7) is 5.43. The number of nitrogens with zero attached hydrogens (tertiary/aromatic N) is 2. The number of benzene rings is 1. The zero-order valence-electron chi connectivity index (χ0n) is 12.6. The maximum absolute atomic E-state index is 12.2. The summed E-state index contributed by atoms with van der Waals surface area (Å²) in [7, 11) is 0. The molecular formula is C16H22N2O3. The Bertz CT molecular complexity index is 490. The van der Waals surface area contributed by atoms with Crippen molar-refractivity contribution in [3.8, 4) is 5.75 Å². The fraction of sp³-hybridized carbons (Fsp3) is 0.500. The van der Waals surface area contributed by atoms with Gasteiger partial charge in [0.05, 0.1) is 13.1 Å². The van der Waals surface area contributed by atoms with E-state index in [0.717, 1.165) is 12.2 Å². The highest BCUT2D eigenvalue weighted by atomic mass is 16.5. The van der Waals surface area contributed by atoms with E-state index in [-0.39, 0.29) is 18.4 Å². The normalized spacial score (nSPS) is 19.0. The number of para-hydroxylation sites is 1. The van der Waals surface area contributed by atoms with Gasteiger partial charge in [-0.1, -0.05) is 25.1 Å². The largest absolute Gasteiger partial charge is 0.492 e. The van der Waals surface area contributed by atoms with Crippen molar-refractivity contribution in [1.29, 1.82) is 0 Å². The van der Waals surface area contributed by atoms with Gasteiger partial charge in [-0.25, -0.2) is 0 Å². The molecule has 2 rings (SSSR count). The highest BCUT2D eigenvalue weighted by Gasteiger charge is 2.35. The van der Waals surface area contributed by atoms with E-state index in [0.29, 0.717) is 19.7 Å². The molecule has 5 heteroatoms. The van der Waals surface area contributed by atoms with Crippen molar-refractivity contribution in [3.05, 3.63) is 30.3 Å². The minimum atomic E-state index is -0.405. The Balaban J connectivity index is 1.88. The number of carbonyl (C=O) groups excluding carboxylic acids is 2. The molecule has 0 aromatic heterocycles. The predicted molar refractivity (Wildman–Crippen MR) is 80.0 cm³/mol. The summed E-state index contributed by atoms with van der Waals surface area (Å²) in [6, 6.07) is 9.05. The first-order valence-electron chi connectivity index (χ1n) is 7.39. The van der Waals surface area contributed by atoms with E-state index >= 15 is 0 Å². The van der Waals surface area contributed by atoms with Crippen LogP contribution in [0.3, 0.4) is 0 Å². The van der Waals surface area contributed by atoms with Gasteiger partial charge >= 0.3 is 0 Å². The Morgan fingerprint density at radius 3 is 2.57 bits per heavy atom. The second-order valence-corrected chi connectivity index (χ2v) is 5.18. The Morgan fingerprint density at radius 2 is 1.90 bits per heavy atom. The standard InChI is InChI=1S/C16H22N2O3/c1-3-9-17-12-15(19)18(13(2)16(17)20)10-11-21-14-7-5-4-6-8-14/h4-8,13H,3,9-12H2,1-2H3/t13-/m1/s1. The monoisotopic (exact) mass is 290 g/mol. The van der Waals surface area contributed by atoms with E-state index in [2.05, 4.69) is 0 Å². The second-order valence-electron chi connectivity index (χ2n) is 5.18. The summed E-state index contributed by atoms with van der Waals surface area (Å²) in [6.07, 6.45) is 0.864. The zero-order chi connectivity index (χ0) is 15.2. The van der Waals surface area contributed by atoms with Crippen molar-refractivity contribution in [2.75, 3.05) is 26.2 Å². The maximum atomic E-state index is 12.2. The summed E-state index contributed by atoms with van der Waals surface area (Å²) in [5.41, 5.74) is 0. The molecule has 1 saturated heterocycles. The molecule has 1 heterocycles.